The molecule has 0 spiro atoms. The van der Waals surface area contributed by atoms with Gasteiger partial charge >= 0.3 is 0 Å². The largest absolute Gasteiger partial charge is 0.283 e. The van der Waals surface area contributed by atoms with E-state index in [2.05, 4.69) is 43.3 Å². The van der Waals surface area contributed by atoms with Crippen LogP contribution in [0.2, 0.25) is 0 Å². The van der Waals surface area contributed by atoms with E-state index in [9.17, 15) is 4.79 Å². The minimum Gasteiger partial charge on any atom is -0.283 e. The van der Waals surface area contributed by atoms with Gasteiger partial charge in [-0.05, 0) is 36.5 Å². The van der Waals surface area contributed by atoms with Crippen LogP contribution in [0.5, 0.6) is 0 Å². The average molecular weight is 263 g/mol. The molecule has 2 aromatic carbocycles. The van der Waals surface area contributed by atoms with Gasteiger partial charge in [0.25, 0.3) is 0 Å². The smallest absolute Gasteiger partial charge is 0.232 e. The molecule has 2 heteroatoms. The zero-order valence-corrected chi connectivity index (χ0v) is 11.6. The van der Waals surface area contributed by atoms with Gasteiger partial charge in [0.15, 0.2) is 0 Å². The van der Waals surface area contributed by atoms with Gasteiger partial charge in [-0.3, -0.25) is 4.79 Å². The van der Waals surface area contributed by atoms with Gasteiger partial charge in [0.1, 0.15) is 6.07 Å². The number of benzene rings is 2. The Labute approximate surface area is 119 Å². The third-order valence-electron chi connectivity index (χ3n) is 3.29. The molecule has 0 unspecified atom stereocenters. The molecule has 0 aliphatic carbocycles. The van der Waals surface area contributed by atoms with Crippen LogP contribution in [-0.2, 0) is 17.6 Å². The van der Waals surface area contributed by atoms with E-state index in [-0.39, 0.29) is 5.78 Å². The summed E-state index contributed by atoms with van der Waals surface area (Å²) >= 11 is 0. The van der Waals surface area contributed by atoms with Crippen LogP contribution in [0.3, 0.4) is 0 Å². The Morgan fingerprint density at radius 1 is 1.05 bits per heavy atom. The summed E-state index contributed by atoms with van der Waals surface area (Å²) in [6.07, 6.45) is 1.82. The van der Waals surface area contributed by atoms with Gasteiger partial charge in [-0.2, -0.15) is 5.26 Å². The lowest BCUT2D eigenvalue weighted by Crippen LogP contribution is -1.97. The molecular formula is C18H17NO. The van der Waals surface area contributed by atoms with Gasteiger partial charge in [-0.25, -0.2) is 0 Å². The minimum atomic E-state index is -0.353. The summed E-state index contributed by atoms with van der Waals surface area (Å²) in [6.45, 7) is 2.08. The van der Waals surface area contributed by atoms with E-state index in [1.165, 1.54) is 16.7 Å². The molecule has 0 aliphatic heterocycles. The number of rotatable bonds is 5. The molecule has 0 heterocycles. The second-order valence-electron chi connectivity index (χ2n) is 5.02. The molecular weight excluding hydrogens is 246 g/mol. The first kappa shape index (κ1) is 14.0. The van der Waals surface area contributed by atoms with Gasteiger partial charge in [0.2, 0.25) is 5.78 Å². The zero-order chi connectivity index (χ0) is 14.4. The SMILES string of the molecule is Cc1ccc(Cc2cccc(CCC(=O)C#N)c2)cc1. The highest BCUT2D eigenvalue weighted by Gasteiger charge is 2.02. The Morgan fingerprint density at radius 3 is 2.45 bits per heavy atom. The van der Waals surface area contributed by atoms with Gasteiger partial charge in [-0.1, -0.05) is 54.1 Å². The van der Waals surface area contributed by atoms with Crippen LogP contribution in [0.15, 0.2) is 48.5 Å². The fourth-order valence-electron chi connectivity index (χ4n) is 2.15. The zero-order valence-electron chi connectivity index (χ0n) is 11.6. The molecule has 0 aliphatic rings. The molecule has 0 amide bonds. The molecule has 0 saturated heterocycles. The highest BCUT2D eigenvalue weighted by Crippen LogP contribution is 2.13. The van der Waals surface area contributed by atoms with E-state index in [4.69, 9.17) is 5.26 Å². The van der Waals surface area contributed by atoms with Crippen LogP contribution in [0.4, 0.5) is 0 Å². The van der Waals surface area contributed by atoms with Crippen molar-refractivity contribution in [1.82, 2.24) is 0 Å². The maximum absolute atomic E-state index is 11.0. The minimum absolute atomic E-state index is 0.296. The third-order valence-corrected chi connectivity index (χ3v) is 3.29. The molecule has 20 heavy (non-hydrogen) atoms. The molecule has 100 valence electrons. The predicted octanol–water partition coefficient (Wildman–Crippen LogP) is 3.61. The average Bonchev–Trinajstić information content (AvgIpc) is 2.47. The lowest BCUT2D eigenvalue weighted by Gasteiger charge is -2.05. The summed E-state index contributed by atoms with van der Waals surface area (Å²) in [4.78, 5) is 11.0. The van der Waals surface area contributed by atoms with Crippen molar-refractivity contribution in [3.8, 4) is 6.07 Å². The van der Waals surface area contributed by atoms with E-state index in [0.717, 1.165) is 12.0 Å². The predicted molar refractivity (Wildman–Crippen MR) is 79.4 cm³/mol. The number of hydrogen-bond acceptors (Lipinski definition) is 2. The topological polar surface area (TPSA) is 40.9 Å². The van der Waals surface area contributed by atoms with E-state index in [1.54, 1.807) is 6.07 Å². The van der Waals surface area contributed by atoms with E-state index >= 15 is 0 Å². The second-order valence-corrected chi connectivity index (χ2v) is 5.02. The standard InChI is InChI=1S/C18H17NO/c1-14-5-7-16(8-6-14)12-17-4-2-3-15(11-17)9-10-18(20)13-19/h2-8,11H,9-10,12H2,1H3. The molecule has 0 bridgehead atoms. The van der Waals surface area contributed by atoms with Gasteiger partial charge in [-0.15, -0.1) is 0 Å². The second kappa shape index (κ2) is 6.68. The highest BCUT2D eigenvalue weighted by molar-refractivity contribution is 5.93. The van der Waals surface area contributed by atoms with Crippen LogP contribution in [0.1, 0.15) is 28.7 Å². The molecule has 0 fully saturated rings. The molecule has 0 radical (unpaired) electrons. The lowest BCUT2D eigenvalue weighted by molar-refractivity contribution is -0.113. The first-order chi connectivity index (χ1) is 9.67. The van der Waals surface area contributed by atoms with Crippen LogP contribution < -0.4 is 0 Å². The fraction of sp³-hybridized carbons (Fsp3) is 0.222. The number of nitrogens with zero attached hydrogens (tertiary/aromatic N) is 1. The van der Waals surface area contributed by atoms with Gasteiger partial charge < -0.3 is 0 Å². The molecule has 0 saturated carbocycles. The summed E-state index contributed by atoms with van der Waals surface area (Å²) in [5, 5.41) is 8.49. The molecule has 0 aromatic heterocycles. The van der Waals surface area contributed by atoms with Crippen molar-refractivity contribution in [2.75, 3.05) is 0 Å². The number of aryl methyl sites for hydroxylation is 2. The summed E-state index contributed by atoms with van der Waals surface area (Å²) in [7, 11) is 0. The van der Waals surface area contributed by atoms with Crippen molar-refractivity contribution in [1.29, 1.82) is 5.26 Å². The maximum atomic E-state index is 11.0. The molecule has 0 N–H and O–H groups in total. The first-order valence-corrected chi connectivity index (χ1v) is 6.73. The van der Waals surface area contributed by atoms with Gasteiger partial charge in [0.05, 0.1) is 0 Å². The van der Waals surface area contributed by atoms with Crippen LogP contribution >= 0.6 is 0 Å². The van der Waals surface area contributed by atoms with Crippen molar-refractivity contribution >= 4 is 5.78 Å². The molecule has 2 rings (SSSR count). The molecule has 0 atom stereocenters. The van der Waals surface area contributed by atoms with E-state index in [0.29, 0.717) is 12.8 Å². The van der Waals surface area contributed by atoms with Crippen LogP contribution in [-0.4, -0.2) is 5.78 Å². The monoisotopic (exact) mass is 263 g/mol. The Hall–Kier alpha value is -2.40. The van der Waals surface area contributed by atoms with Crippen molar-refractivity contribution in [2.45, 2.75) is 26.2 Å². The number of hydrogen-bond donors (Lipinski definition) is 0. The Bertz CT molecular complexity index is 635. The maximum Gasteiger partial charge on any atom is 0.232 e. The number of carbonyl (C=O) groups is 1. The highest BCUT2D eigenvalue weighted by atomic mass is 16.1. The van der Waals surface area contributed by atoms with Crippen molar-refractivity contribution in [3.05, 3.63) is 70.8 Å². The Morgan fingerprint density at radius 2 is 1.75 bits per heavy atom. The summed E-state index contributed by atoms with van der Waals surface area (Å²) in [5.74, 6) is -0.353. The number of carbonyl (C=O) groups excluding carboxylic acids is 1. The number of ketones is 1. The van der Waals surface area contributed by atoms with Crippen molar-refractivity contribution < 1.29 is 4.79 Å². The quantitative estimate of drug-likeness (QED) is 0.773. The lowest BCUT2D eigenvalue weighted by atomic mass is 10.00. The van der Waals surface area contributed by atoms with E-state index in [1.807, 2.05) is 12.1 Å². The van der Waals surface area contributed by atoms with Crippen molar-refractivity contribution in [3.63, 3.8) is 0 Å². The van der Waals surface area contributed by atoms with Crippen molar-refractivity contribution in [2.24, 2.45) is 0 Å². The summed E-state index contributed by atoms with van der Waals surface area (Å²) in [6, 6.07) is 18.4. The number of Topliss-reactive ketones (excluding diaryl/α,β-unsaturated/α-hetero) is 1. The molecule has 2 nitrogen and oxygen atoms in total. The third kappa shape index (κ3) is 4.07. The Balaban J connectivity index is 2.04. The van der Waals surface area contributed by atoms with Crippen LogP contribution in [0, 0.1) is 18.3 Å². The van der Waals surface area contributed by atoms with Gasteiger partial charge in [0, 0.05) is 6.42 Å². The normalized spacial score (nSPS) is 10.0. The molecule has 2 aromatic rings. The van der Waals surface area contributed by atoms with Crippen LogP contribution in [0.25, 0.3) is 0 Å². The number of nitriles is 1. The van der Waals surface area contributed by atoms with E-state index < -0.39 is 0 Å². The fourth-order valence-corrected chi connectivity index (χ4v) is 2.15. The Kier molecular flexibility index (Phi) is 4.68. The summed E-state index contributed by atoms with van der Waals surface area (Å²) < 4.78 is 0. The summed E-state index contributed by atoms with van der Waals surface area (Å²) in [5.41, 5.74) is 4.88. The first-order valence-electron chi connectivity index (χ1n) is 6.73.